The molecule has 0 radical (unpaired) electrons. The highest BCUT2D eigenvalue weighted by atomic mass is 79.9. The third kappa shape index (κ3) is 4.60. The Morgan fingerprint density at radius 2 is 2.00 bits per heavy atom. The van der Waals surface area contributed by atoms with E-state index in [1.54, 1.807) is 11.3 Å². The van der Waals surface area contributed by atoms with Crippen LogP contribution in [0.3, 0.4) is 0 Å². The van der Waals surface area contributed by atoms with E-state index in [9.17, 15) is 4.79 Å². The van der Waals surface area contributed by atoms with Gasteiger partial charge in [-0.3, -0.25) is 4.79 Å². The number of unbranched alkanes of at least 4 members (excludes halogenated alkanes) is 3. The first-order valence-electron chi connectivity index (χ1n) is 7.27. The second-order valence-electron chi connectivity index (χ2n) is 5.13. The van der Waals surface area contributed by atoms with E-state index in [1.807, 2.05) is 0 Å². The largest absolute Gasteiger partial charge is 0.351 e. The molecule has 1 aromatic rings. The predicted octanol–water partition coefficient (Wildman–Crippen LogP) is 4.31. The van der Waals surface area contributed by atoms with Gasteiger partial charge in [0.2, 0.25) is 0 Å². The highest BCUT2D eigenvalue weighted by Gasteiger charge is 2.16. The van der Waals surface area contributed by atoms with Gasteiger partial charge in [-0.25, -0.2) is 0 Å². The van der Waals surface area contributed by atoms with Crippen LogP contribution in [0.2, 0.25) is 0 Å². The van der Waals surface area contributed by atoms with Crippen LogP contribution in [0.25, 0.3) is 0 Å². The number of alkyl halides is 1. The highest BCUT2D eigenvalue weighted by Crippen LogP contribution is 2.29. The molecule has 1 amide bonds. The Labute approximate surface area is 128 Å². The van der Waals surface area contributed by atoms with Crippen molar-refractivity contribution in [1.82, 2.24) is 5.32 Å². The molecule has 0 saturated carbocycles. The van der Waals surface area contributed by atoms with E-state index in [4.69, 9.17) is 0 Å². The Bertz CT molecular complexity index is 393. The highest BCUT2D eigenvalue weighted by molar-refractivity contribution is 9.09. The lowest BCUT2D eigenvalue weighted by molar-refractivity contribution is 0.0957. The number of thiophene rings is 1. The molecule has 1 heterocycles. The van der Waals surface area contributed by atoms with Crippen LogP contribution in [0.5, 0.6) is 0 Å². The summed E-state index contributed by atoms with van der Waals surface area (Å²) in [4.78, 5) is 14.4. The summed E-state index contributed by atoms with van der Waals surface area (Å²) in [5.74, 6) is 0.125. The zero-order valence-corrected chi connectivity index (χ0v) is 13.7. The van der Waals surface area contributed by atoms with E-state index < -0.39 is 0 Å². The first kappa shape index (κ1) is 15.0. The standard InChI is InChI=1S/C15H22BrNOS/c16-9-5-1-2-6-10-17-15(18)14-11-12-7-3-4-8-13(12)19-14/h11H,1-10H2,(H,17,18). The Balaban J connectivity index is 1.72. The van der Waals surface area contributed by atoms with Crippen LogP contribution in [-0.4, -0.2) is 17.8 Å². The molecule has 2 nitrogen and oxygen atoms in total. The minimum absolute atomic E-state index is 0.125. The molecule has 1 N–H and O–H groups in total. The minimum atomic E-state index is 0.125. The average Bonchev–Trinajstić information content (AvgIpc) is 2.86. The summed E-state index contributed by atoms with van der Waals surface area (Å²) in [6, 6.07) is 2.11. The van der Waals surface area contributed by atoms with Gasteiger partial charge in [-0.2, -0.15) is 0 Å². The fourth-order valence-electron chi connectivity index (χ4n) is 2.46. The minimum Gasteiger partial charge on any atom is -0.351 e. The van der Waals surface area contributed by atoms with Crippen molar-refractivity contribution < 1.29 is 4.79 Å². The molecular weight excluding hydrogens is 322 g/mol. The Hall–Kier alpha value is -0.350. The summed E-state index contributed by atoms with van der Waals surface area (Å²) >= 11 is 5.13. The van der Waals surface area contributed by atoms with Crippen molar-refractivity contribution in [3.63, 3.8) is 0 Å². The van der Waals surface area contributed by atoms with Gasteiger partial charge < -0.3 is 5.32 Å². The lowest BCUT2D eigenvalue weighted by atomic mass is 9.99. The third-order valence-corrected chi connectivity index (χ3v) is 5.36. The molecule has 0 atom stereocenters. The van der Waals surface area contributed by atoms with Crippen LogP contribution >= 0.6 is 27.3 Å². The normalized spacial score (nSPS) is 14.2. The Kier molecular flexibility index (Phi) is 6.38. The molecule has 0 aromatic carbocycles. The number of hydrogen-bond donors (Lipinski definition) is 1. The monoisotopic (exact) mass is 343 g/mol. The molecule has 0 bridgehead atoms. The molecule has 0 spiro atoms. The van der Waals surface area contributed by atoms with E-state index in [2.05, 4.69) is 27.3 Å². The van der Waals surface area contributed by atoms with E-state index in [0.717, 1.165) is 29.6 Å². The number of fused-ring (bicyclic) bond motifs is 1. The number of halogens is 1. The number of carbonyl (C=O) groups excluding carboxylic acids is 1. The molecule has 0 aliphatic heterocycles. The van der Waals surface area contributed by atoms with Gasteiger partial charge in [0.05, 0.1) is 4.88 Å². The van der Waals surface area contributed by atoms with Crippen LogP contribution in [0.15, 0.2) is 6.07 Å². The fourth-order valence-corrected chi connectivity index (χ4v) is 4.03. The third-order valence-electron chi connectivity index (χ3n) is 3.57. The summed E-state index contributed by atoms with van der Waals surface area (Å²) in [6.07, 6.45) is 9.64. The maximum absolute atomic E-state index is 12.0. The number of hydrogen-bond acceptors (Lipinski definition) is 2. The Morgan fingerprint density at radius 3 is 2.79 bits per heavy atom. The number of rotatable bonds is 7. The van der Waals surface area contributed by atoms with E-state index >= 15 is 0 Å². The number of amides is 1. The second kappa shape index (κ2) is 8.05. The summed E-state index contributed by atoms with van der Waals surface area (Å²) in [7, 11) is 0. The molecule has 1 aliphatic rings. The van der Waals surface area contributed by atoms with Crippen molar-refractivity contribution in [2.75, 3.05) is 11.9 Å². The van der Waals surface area contributed by atoms with Gasteiger partial charge in [0.25, 0.3) is 5.91 Å². The first-order chi connectivity index (χ1) is 9.31. The van der Waals surface area contributed by atoms with Gasteiger partial charge >= 0.3 is 0 Å². The van der Waals surface area contributed by atoms with Crippen molar-refractivity contribution in [3.8, 4) is 0 Å². The summed E-state index contributed by atoms with van der Waals surface area (Å²) in [6.45, 7) is 0.809. The fraction of sp³-hybridized carbons (Fsp3) is 0.667. The van der Waals surface area contributed by atoms with Gasteiger partial charge in [0, 0.05) is 16.8 Å². The molecular formula is C15H22BrNOS. The SMILES string of the molecule is O=C(NCCCCCCBr)c1cc2c(s1)CCCC2. The summed E-state index contributed by atoms with van der Waals surface area (Å²) in [5.41, 5.74) is 1.42. The van der Waals surface area contributed by atoms with E-state index in [0.29, 0.717) is 0 Å². The second-order valence-corrected chi connectivity index (χ2v) is 7.06. The van der Waals surface area contributed by atoms with Crippen LogP contribution < -0.4 is 5.32 Å². The van der Waals surface area contributed by atoms with Gasteiger partial charge in [0.15, 0.2) is 0 Å². The van der Waals surface area contributed by atoms with Crippen LogP contribution in [0.4, 0.5) is 0 Å². The zero-order chi connectivity index (χ0) is 13.5. The smallest absolute Gasteiger partial charge is 0.261 e. The maximum Gasteiger partial charge on any atom is 0.261 e. The zero-order valence-electron chi connectivity index (χ0n) is 11.3. The first-order valence-corrected chi connectivity index (χ1v) is 9.21. The van der Waals surface area contributed by atoms with Crippen LogP contribution in [0.1, 0.15) is 58.6 Å². The van der Waals surface area contributed by atoms with E-state index in [1.165, 1.54) is 49.0 Å². The number of aryl methyl sites for hydroxylation is 2. The van der Waals surface area contributed by atoms with E-state index in [-0.39, 0.29) is 5.91 Å². The van der Waals surface area contributed by atoms with Crippen molar-refractivity contribution in [2.45, 2.75) is 51.4 Å². The van der Waals surface area contributed by atoms with Crippen LogP contribution in [-0.2, 0) is 12.8 Å². The van der Waals surface area contributed by atoms with Crippen molar-refractivity contribution in [3.05, 3.63) is 21.4 Å². The quantitative estimate of drug-likeness (QED) is 0.579. The molecule has 0 fully saturated rings. The van der Waals surface area contributed by atoms with Crippen LogP contribution in [0, 0.1) is 0 Å². The molecule has 106 valence electrons. The van der Waals surface area contributed by atoms with Gasteiger partial charge in [-0.05, 0) is 50.2 Å². The van der Waals surface area contributed by atoms with Gasteiger partial charge in [-0.15, -0.1) is 11.3 Å². The molecule has 4 heteroatoms. The summed E-state index contributed by atoms with van der Waals surface area (Å²) < 4.78 is 0. The predicted molar refractivity (Wildman–Crippen MR) is 85.6 cm³/mol. The van der Waals surface area contributed by atoms with Crippen molar-refractivity contribution in [2.24, 2.45) is 0 Å². The number of carbonyl (C=O) groups is 1. The topological polar surface area (TPSA) is 29.1 Å². The summed E-state index contributed by atoms with van der Waals surface area (Å²) in [5, 5.41) is 4.13. The molecule has 0 saturated heterocycles. The Morgan fingerprint density at radius 1 is 1.21 bits per heavy atom. The lowest BCUT2D eigenvalue weighted by Gasteiger charge is -2.08. The van der Waals surface area contributed by atoms with Crippen molar-refractivity contribution >= 4 is 33.2 Å². The molecule has 2 rings (SSSR count). The van der Waals surface area contributed by atoms with Gasteiger partial charge in [-0.1, -0.05) is 28.8 Å². The molecule has 1 aliphatic carbocycles. The maximum atomic E-state index is 12.0. The number of nitrogens with one attached hydrogen (secondary N) is 1. The molecule has 19 heavy (non-hydrogen) atoms. The van der Waals surface area contributed by atoms with Crippen molar-refractivity contribution in [1.29, 1.82) is 0 Å². The average molecular weight is 344 g/mol. The molecule has 1 aromatic heterocycles. The lowest BCUT2D eigenvalue weighted by Crippen LogP contribution is -2.23. The van der Waals surface area contributed by atoms with Gasteiger partial charge in [0.1, 0.15) is 0 Å². The molecule has 0 unspecified atom stereocenters.